The molecule has 0 aliphatic rings. The van der Waals surface area contributed by atoms with Crippen LogP contribution in [0.15, 0.2) is 16.5 Å². The molecular formula is C11H14N2OS. The quantitative estimate of drug-likeness (QED) is 0.866. The molecule has 0 bridgehead atoms. The Morgan fingerprint density at radius 2 is 2.13 bits per heavy atom. The van der Waals surface area contributed by atoms with Gasteiger partial charge in [0.1, 0.15) is 11.5 Å². The normalized spacial score (nSPS) is 10.6. The van der Waals surface area contributed by atoms with E-state index in [2.05, 4.69) is 17.2 Å². The van der Waals surface area contributed by atoms with E-state index in [1.165, 1.54) is 4.88 Å². The van der Waals surface area contributed by atoms with E-state index in [9.17, 15) is 0 Å². The molecule has 2 rings (SSSR count). The number of rotatable bonds is 3. The molecule has 1 N–H and O–H groups in total. The minimum atomic E-state index is 0.695. The van der Waals surface area contributed by atoms with Crippen molar-refractivity contribution in [2.75, 3.05) is 5.32 Å². The number of thiazole rings is 1. The molecule has 0 spiro atoms. The molecule has 0 aliphatic carbocycles. The van der Waals surface area contributed by atoms with Crippen LogP contribution >= 0.6 is 11.3 Å². The Balaban J connectivity index is 1.99. The summed E-state index contributed by atoms with van der Waals surface area (Å²) in [5, 5.41) is 4.21. The molecule has 3 nitrogen and oxygen atoms in total. The van der Waals surface area contributed by atoms with Gasteiger partial charge in [0.2, 0.25) is 0 Å². The number of nitrogens with one attached hydrogen (secondary N) is 1. The zero-order chi connectivity index (χ0) is 10.8. The maximum Gasteiger partial charge on any atom is 0.183 e. The van der Waals surface area contributed by atoms with E-state index in [4.69, 9.17) is 4.42 Å². The largest absolute Gasteiger partial charge is 0.465 e. The molecule has 0 radical (unpaired) electrons. The summed E-state index contributed by atoms with van der Waals surface area (Å²) in [6.45, 7) is 6.74. The van der Waals surface area contributed by atoms with E-state index in [1.54, 1.807) is 11.3 Å². The fourth-order valence-electron chi connectivity index (χ4n) is 1.29. The molecule has 4 heteroatoms. The summed E-state index contributed by atoms with van der Waals surface area (Å²) in [4.78, 5) is 5.66. The topological polar surface area (TPSA) is 38.1 Å². The molecule has 0 aromatic carbocycles. The van der Waals surface area contributed by atoms with Gasteiger partial charge in [-0.25, -0.2) is 4.98 Å². The fourth-order valence-corrected chi connectivity index (χ4v) is 2.10. The standard InChI is InChI=1S/C11H14N2OS/c1-7-4-5-10(14-7)6-12-11-13-8(2)9(3)15-11/h4-5H,6H2,1-3H3,(H,12,13). The lowest BCUT2D eigenvalue weighted by molar-refractivity contribution is 0.490. The highest BCUT2D eigenvalue weighted by atomic mass is 32.1. The van der Waals surface area contributed by atoms with Crippen molar-refractivity contribution in [1.82, 2.24) is 4.98 Å². The first-order valence-corrected chi connectivity index (χ1v) is 5.70. The van der Waals surface area contributed by atoms with Crippen LogP contribution in [0.1, 0.15) is 22.1 Å². The van der Waals surface area contributed by atoms with Crippen LogP contribution in [-0.4, -0.2) is 4.98 Å². The lowest BCUT2D eigenvalue weighted by Crippen LogP contribution is -1.97. The second-order valence-electron chi connectivity index (χ2n) is 3.53. The number of aromatic nitrogens is 1. The summed E-state index contributed by atoms with van der Waals surface area (Å²) in [5.74, 6) is 1.89. The molecular weight excluding hydrogens is 208 g/mol. The first-order valence-electron chi connectivity index (χ1n) is 4.88. The number of anilines is 1. The Hall–Kier alpha value is -1.29. The molecule has 0 fully saturated rings. The molecule has 15 heavy (non-hydrogen) atoms. The van der Waals surface area contributed by atoms with Crippen molar-refractivity contribution in [3.05, 3.63) is 34.2 Å². The maximum atomic E-state index is 5.46. The number of hydrogen-bond acceptors (Lipinski definition) is 4. The van der Waals surface area contributed by atoms with Gasteiger partial charge in [-0.15, -0.1) is 11.3 Å². The van der Waals surface area contributed by atoms with E-state index in [0.717, 1.165) is 22.3 Å². The Bertz CT molecular complexity index is 439. The van der Waals surface area contributed by atoms with E-state index >= 15 is 0 Å². The second-order valence-corrected chi connectivity index (χ2v) is 4.73. The van der Waals surface area contributed by atoms with Crippen LogP contribution in [0.4, 0.5) is 5.13 Å². The smallest absolute Gasteiger partial charge is 0.183 e. The van der Waals surface area contributed by atoms with Gasteiger partial charge in [0.25, 0.3) is 0 Å². The van der Waals surface area contributed by atoms with Gasteiger partial charge in [0.05, 0.1) is 12.2 Å². The minimum Gasteiger partial charge on any atom is -0.465 e. The van der Waals surface area contributed by atoms with Crippen LogP contribution in [0.25, 0.3) is 0 Å². The van der Waals surface area contributed by atoms with E-state index < -0.39 is 0 Å². The molecule has 80 valence electrons. The fraction of sp³-hybridized carbons (Fsp3) is 0.364. The van der Waals surface area contributed by atoms with E-state index in [0.29, 0.717) is 6.54 Å². The molecule has 2 heterocycles. The van der Waals surface area contributed by atoms with Gasteiger partial charge >= 0.3 is 0 Å². The highest BCUT2D eigenvalue weighted by molar-refractivity contribution is 7.15. The zero-order valence-corrected chi connectivity index (χ0v) is 9.94. The highest BCUT2D eigenvalue weighted by Crippen LogP contribution is 2.21. The predicted molar refractivity (Wildman–Crippen MR) is 62.4 cm³/mol. The zero-order valence-electron chi connectivity index (χ0n) is 9.13. The van der Waals surface area contributed by atoms with Crippen molar-refractivity contribution >= 4 is 16.5 Å². The molecule has 0 unspecified atom stereocenters. The van der Waals surface area contributed by atoms with Gasteiger partial charge in [0.15, 0.2) is 5.13 Å². The van der Waals surface area contributed by atoms with Crippen LogP contribution in [0.3, 0.4) is 0 Å². The minimum absolute atomic E-state index is 0.695. The number of furan rings is 1. The lowest BCUT2D eigenvalue weighted by Gasteiger charge is -1.98. The van der Waals surface area contributed by atoms with Crippen LogP contribution in [-0.2, 0) is 6.54 Å². The predicted octanol–water partition coefficient (Wildman–Crippen LogP) is 3.27. The van der Waals surface area contributed by atoms with Crippen LogP contribution in [0.2, 0.25) is 0 Å². The summed E-state index contributed by atoms with van der Waals surface area (Å²) in [6, 6.07) is 3.95. The van der Waals surface area contributed by atoms with Crippen molar-refractivity contribution in [2.24, 2.45) is 0 Å². The van der Waals surface area contributed by atoms with Gasteiger partial charge in [-0.3, -0.25) is 0 Å². The average Bonchev–Trinajstić information content (AvgIpc) is 2.72. The third-order valence-electron chi connectivity index (χ3n) is 2.24. The summed E-state index contributed by atoms with van der Waals surface area (Å²) in [5.41, 5.74) is 1.10. The van der Waals surface area contributed by atoms with Gasteiger partial charge in [-0.2, -0.15) is 0 Å². The summed E-state index contributed by atoms with van der Waals surface area (Å²) in [6.07, 6.45) is 0. The molecule has 0 amide bonds. The van der Waals surface area contributed by atoms with Crippen molar-refractivity contribution in [2.45, 2.75) is 27.3 Å². The third kappa shape index (κ3) is 2.39. The van der Waals surface area contributed by atoms with Gasteiger partial charge in [-0.1, -0.05) is 0 Å². The molecule has 2 aromatic rings. The average molecular weight is 222 g/mol. The monoisotopic (exact) mass is 222 g/mol. The third-order valence-corrected chi connectivity index (χ3v) is 3.27. The van der Waals surface area contributed by atoms with E-state index in [1.807, 2.05) is 26.0 Å². The van der Waals surface area contributed by atoms with Crippen LogP contribution in [0, 0.1) is 20.8 Å². The van der Waals surface area contributed by atoms with E-state index in [-0.39, 0.29) is 0 Å². The van der Waals surface area contributed by atoms with Gasteiger partial charge < -0.3 is 9.73 Å². The number of nitrogens with zero attached hydrogens (tertiary/aromatic N) is 1. The van der Waals surface area contributed by atoms with Crippen molar-refractivity contribution in [3.8, 4) is 0 Å². The van der Waals surface area contributed by atoms with Crippen molar-refractivity contribution in [1.29, 1.82) is 0 Å². The Labute approximate surface area is 93.2 Å². The number of hydrogen-bond donors (Lipinski definition) is 1. The van der Waals surface area contributed by atoms with Crippen LogP contribution < -0.4 is 5.32 Å². The Morgan fingerprint density at radius 3 is 2.67 bits per heavy atom. The molecule has 0 saturated carbocycles. The SMILES string of the molecule is Cc1ccc(CNc2nc(C)c(C)s2)o1. The molecule has 0 saturated heterocycles. The maximum absolute atomic E-state index is 5.46. The molecule has 0 aliphatic heterocycles. The first-order chi connectivity index (χ1) is 7.15. The van der Waals surface area contributed by atoms with Gasteiger partial charge in [-0.05, 0) is 32.9 Å². The molecule has 2 aromatic heterocycles. The summed E-state index contributed by atoms with van der Waals surface area (Å²) in [7, 11) is 0. The Kier molecular flexibility index (Phi) is 2.77. The summed E-state index contributed by atoms with van der Waals surface area (Å²) < 4.78 is 5.46. The van der Waals surface area contributed by atoms with Crippen molar-refractivity contribution < 1.29 is 4.42 Å². The second kappa shape index (κ2) is 4.06. The van der Waals surface area contributed by atoms with Gasteiger partial charge in [0, 0.05) is 4.88 Å². The van der Waals surface area contributed by atoms with Crippen LogP contribution in [0.5, 0.6) is 0 Å². The highest BCUT2D eigenvalue weighted by Gasteiger charge is 2.04. The lowest BCUT2D eigenvalue weighted by atomic mass is 10.4. The summed E-state index contributed by atoms with van der Waals surface area (Å²) >= 11 is 1.68. The Morgan fingerprint density at radius 1 is 1.33 bits per heavy atom. The first kappa shape index (κ1) is 10.2. The van der Waals surface area contributed by atoms with Crippen molar-refractivity contribution in [3.63, 3.8) is 0 Å². The molecule has 0 atom stereocenters. The number of aryl methyl sites for hydroxylation is 3.